The van der Waals surface area contributed by atoms with E-state index in [1.807, 2.05) is 18.2 Å². The Morgan fingerprint density at radius 3 is 2.61 bits per heavy atom. The second kappa shape index (κ2) is 10.2. The molecule has 0 aliphatic heterocycles. The molecule has 0 saturated heterocycles. The third-order valence-corrected chi connectivity index (χ3v) is 5.58. The molecule has 1 atom stereocenters. The smallest absolute Gasteiger partial charge is 0.253 e. The predicted octanol–water partition coefficient (Wildman–Crippen LogP) is 3.94. The Hall–Kier alpha value is -2.40. The summed E-state index contributed by atoms with van der Waals surface area (Å²) in [7, 11) is 1.59. The molecule has 2 aromatic rings. The first kappa shape index (κ1) is 20.3. The molecule has 1 heterocycles. The minimum absolute atomic E-state index is 0.0175. The molecule has 1 aromatic carbocycles. The largest absolute Gasteiger partial charge is 0.383 e. The van der Waals surface area contributed by atoms with Gasteiger partial charge in [-0.1, -0.05) is 62.4 Å². The Kier molecular flexibility index (Phi) is 7.43. The maximum Gasteiger partial charge on any atom is 0.253 e. The number of hydrogen-bond acceptors (Lipinski definition) is 3. The van der Waals surface area contributed by atoms with Gasteiger partial charge in [0.05, 0.1) is 18.2 Å². The quantitative estimate of drug-likeness (QED) is 0.752. The van der Waals surface area contributed by atoms with E-state index in [4.69, 9.17) is 4.74 Å². The molecule has 1 saturated carbocycles. The fourth-order valence-electron chi connectivity index (χ4n) is 3.99. The number of amides is 1. The summed E-state index contributed by atoms with van der Waals surface area (Å²) in [6.45, 7) is 0.861. The molecule has 1 aliphatic carbocycles. The van der Waals surface area contributed by atoms with Crippen molar-refractivity contribution in [3.05, 3.63) is 70.1 Å². The SMILES string of the molecule is COCCn1cc(C(=O)NC(CC2CCCCC2)c2ccccc2)ccc1=O. The fraction of sp³-hybridized carbons (Fsp3) is 0.478. The van der Waals surface area contributed by atoms with Gasteiger partial charge in [0.15, 0.2) is 0 Å². The number of pyridine rings is 1. The van der Waals surface area contributed by atoms with Crippen LogP contribution in [0.5, 0.6) is 0 Å². The zero-order chi connectivity index (χ0) is 19.8. The van der Waals surface area contributed by atoms with Crippen LogP contribution in [-0.2, 0) is 11.3 Å². The summed E-state index contributed by atoms with van der Waals surface area (Å²) in [5.74, 6) is 0.505. The number of methoxy groups -OCH3 is 1. The lowest BCUT2D eigenvalue weighted by Gasteiger charge is -2.27. The fourth-order valence-corrected chi connectivity index (χ4v) is 3.99. The van der Waals surface area contributed by atoms with Crippen LogP contribution >= 0.6 is 0 Å². The number of aromatic nitrogens is 1. The van der Waals surface area contributed by atoms with E-state index in [-0.39, 0.29) is 17.5 Å². The lowest BCUT2D eigenvalue weighted by molar-refractivity contribution is 0.0927. The van der Waals surface area contributed by atoms with Crippen LogP contribution in [0, 0.1) is 5.92 Å². The highest BCUT2D eigenvalue weighted by molar-refractivity contribution is 5.94. The Bertz CT molecular complexity index is 810. The molecule has 0 radical (unpaired) electrons. The second-order valence-electron chi connectivity index (χ2n) is 7.62. The van der Waals surface area contributed by atoms with Gasteiger partial charge >= 0.3 is 0 Å². The zero-order valence-corrected chi connectivity index (χ0v) is 16.6. The van der Waals surface area contributed by atoms with Crippen LogP contribution in [0.25, 0.3) is 0 Å². The van der Waals surface area contributed by atoms with E-state index in [0.717, 1.165) is 12.0 Å². The molecule has 1 aliphatic rings. The number of rotatable bonds is 8. The van der Waals surface area contributed by atoms with Crippen molar-refractivity contribution in [3.8, 4) is 0 Å². The highest BCUT2D eigenvalue weighted by Crippen LogP contribution is 2.32. The molecule has 0 spiro atoms. The van der Waals surface area contributed by atoms with Crippen molar-refractivity contribution in [3.63, 3.8) is 0 Å². The van der Waals surface area contributed by atoms with Crippen LogP contribution in [0.4, 0.5) is 0 Å². The van der Waals surface area contributed by atoms with Crippen molar-refractivity contribution >= 4 is 5.91 Å². The number of hydrogen-bond donors (Lipinski definition) is 1. The minimum Gasteiger partial charge on any atom is -0.383 e. The van der Waals surface area contributed by atoms with Crippen molar-refractivity contribution in [2.45, 2.75) is 51.1 Å². The van der Waals surface area contributed by atoms with Gasteiger partial charge in [0, 0.05) is 25.9 Å². The van der Waals surface area contributed by atoms with Gasteiger partial charge in [-0.05, 0) is 24.0 Å². The minimum atomic E-state index is -0.143. The van der Waals surface area contributed by atoms with Crippen molar-refractivity contribution in [2.24, 2.45) is 5.92 Å². The average Bonchev–Trinajstić information content (AvgIpc) is 2.74. The molecule has 1 N–H and O–H groups in total. The van der Waals surface area contributed by atoms with Crippen LogP contribution < -0.4 is 10.9 Å². The van der Waals surface area contributed by atoms with Crippen LogP contribution in [0.15, 0.2) is 53.5 Å². The van der Waals surface area contributed by atoms with Gasteiger partial charge < -0.3 is 14.6 Å². The highest BCUT2D eigenvalue weighted by Gasteiger charge is 2.22. The van der Waals surface area contributed by atoms with E-state index in [1.54, 1.807) is 19.4 Å². The first-order valence-electron chi connectivity index (χ1n) is 10.2. The maximum atomic E-state index is 12.9. The Labute approximate surface area is 166 Å². The monoisotopic (exact) mass is 382 g/mol. The molecular formula is C23H30N2O3. The van der Waals surface area contributed by atoms with E-state index < -0.39 is 0 Å². The lowest BCUT2D eigenvalue weighted by Crippen LogP contribution is -2.32. The molecule has 28 heavy (non-hydrogen) atoms. The summed E-state index contributed by atoms with van der Waals surface area (Å²) in [5, 5.41) is 3.21. The van der Waals surface area contributed by atoms with Gasteiger partial charge in [-0.2, -0.15) is 0 Å². The number of ether oxygens (including phenoxy) is 1. The number of carbonyl (C=O) groups excluding carboxylic acids is 1. The number of benzene rings is 1. The van der Waals surface area contributed by atoms with Gasteiger partial charge in [0.2, 0.25) is 0 Å². The number of nitrogens with zero attached hydrogens (tertiary/aromatic N) is 1. The Morgan fingerprint density at radius 1 is 1.14 bits per heavy atom. The number of nitrogens with one attached hydrogen (secondary N) is 1. The third-order valence-electron chi connectivity index (χ3n) is 5.58. The molecule has 3 rings (SSSR count). The van der Waals surface area contributed by atoms with E-state index in [0.29, 0.717) is 24.6 Å². The second-order valence-corrected chi connectivity index (χ2v) is 7.62. The van der Waals surface area contributed by atoms with Gasteiger partial charge in [-0.25, -0.2) is 0 Å². The summed E-state index contributed by atoms with van der Waals surface area (Å²) in [6, 6.07) is 13.2. The maximum absolute atomic E-state index is 12.9. The van der Waals surface area contributed by atoms with Gasteiger partial charge in [-0.15, -0.1) is 0 Å². The van der Waals surface area contributed by atoms with Crippen molar-refractivity contribution < 1.29 is 9.53 Å². The predicted molar refractivity (Wildman–Crippen MR) is 110 cm³/mol. The number of carbonyl (C=O) groups is 1. The molecule has 0 bridgehead atoms. The molecule has 1 aromatic heterocycles. The molecule has 150 valence electrons. The van der Waals surface area contributed by atoms with E-state index >= 15 is 0 Å². The summed E-state index contributed by atoms with van der Waals surface area (Å²) < 4.78 is 6.57. The first-order valence-corrected chi connectivity index (χ1v) is 10.2. The van der Waals surface area contributed by atoms with Gasteiger partial charge in [-0.3, -0.25) is 9.59 Å². The Morgan fingerprint density at radius 2 is 1.89 bits per heavy atom. The van der Waals surface area contributed by atoms with Gasteiger partial charge in [0.25, 0.3) is 11.5 Å². The summed E-state index contributed by atoms with van der Waals surface area (Å²) in [6.07, 6.45) is 8.94. The summed E-state index contributed by atoms with van der Waals surface area (Å²) in [4.78, 5) is 24.9. The van der Waals surface area contributed by atoms with Crippen LogP contribution in [0.3, 0.4) is 0 Å². The normalized spacial score (nSPS) is 15.9. The summed E-state index contributed by atoms with van der Waals surface area (Å²) in [5.41, 5.74) is 1.50. The van der Waals surface area contributed by atoms with Crippen molar-refractivity contribution in [1.82, 2.24) is 9.88 Å². The van der Waals surface area contributed by atoms with Crippen LogP contribution in [0.1, 0.15) is 60.5 Å². The lowest BCUT2D eigenvalue weighted by atomic mass is 9.83. The van der Waals surface area contributed by atoms with Gasteiger partial charge in [0.1, 0.15) is 0 Å². The molecule has 1 amide bonds. The Balaban J connectivity index is 1.76. The van der Waals surface area contributed by atoms with Crippen molar-refractivity contribution in [1.29, 1.82) is 0 Å². The van der Waals surface area contributed by atoms with E-state index in [2.05, 4.69) is 17.4 Å². The standard InChI is InChI=1S/C23H30N2O3/c1-28-15-14-25-17-20(12-13-22(25)26)23(27)24-21(19-10-6-3-7-11-19)16-18-8-4-2-5-9-18/h3,6-7,10-13,17-18,21H,2,4-5,8-9,14-16H2,1H3,(H,24,27). The van der Waals surface area contributed by atoms with E-state index in [9.17, 15) is 9.59 Å². The topological polar surface area (TPSA) is 60.3 Å². The zero-order valence-electron chi connectivity index (χ0n) is 16.6. The van der Waals surface area contributed by atoms with Crippen molar-refractivity contribution in [2.75, 3.05) is 13.7 Å². The molecule has 5 heteroatoms. The third kappa shape index (κ3) is 5.55. The van der Waals surface area contributed by atoms with Crippen LogP contribution in [-0.4, -0.2) is 24.2 Å². The average molecular weight is 383 g/mol. The first-order chi connectivity index (χ1) is 13.7. The highest BCUT2D eigenvalue weighted by atomic mass is 16.5. The molecular weight excluding hydrogens is 352 g/mol. The molecule has 5 nitrogen and oxygen atoms in total. The summed E-state index contributed by atoms with van der Waals surface area (Å²) >= 11 is 0. The molecule has 1 unspecified atom stereocenters. The van der Waals surface area contributed by atoms with Crippen LogP contribution in [0.2, 0.25) is 0 Å². The van der Waals surface area contributed by atoms with E-state index in [1.165, 1.54) is 42.7 Å². The molecule has 1 fully saturated rings.